The molecule has 176 valence electrons. The second-order valence-corrected chi connectivity index (χ2v) is 10.1. The summed E-state index contributed by atoms with van der Waals surface area (Å²) in [5.41, 5.74) is 3.39. The Morgan fingerprint density at radius 2 is 1.91 bits per heavy atom. The molecule has 33 heavy (non-hydrogen) atoms. The molecule has 1 aromatic carbocycles. The molecule has 0 saturated heterocycles. The van der Waals surface area contributed by atoms with E-state index in [0.717, 1.165) is 29.7 Å². The van der Waals surface area contributed by atoms with Crippen molar-refractivity contribution in [1.29, 1.82) is 0 Å². The zero-order chi connectivity index (χ0) is 23.9. The van der Waals surface area contributed by atoms with Gasteiger partial charge in [-0.25, -0.2) is 14.1 Å². The predicted molar refractivity (Wildman–Crippen MR) is 133 cm³/mol. The summed E-state index contributed by atoms with van der Waals surface area (Å²) >= 11 is 1.31. The van der Waals surface area contributed by atoms with Gasteiger partial charge in [-0.05, 0) is 46.1 Å². The Morgan fingerprint density at radius 1 is 1.21 bits per heavy atom. The number of hydrogen-bond acceptors (Lipinski definition) is 5. The standard InChI is InChI=1S/C25H33N5O2S/c1-7-25(6)14-17-12-10-11-13-18(17)21-20(25)22(32)29-23(26-21)30(16(4)5)27-24(29)33-15-19(31)28(8-2)9-3/h10-13,16H,7-9,14-15H2,1-6H3/t25-/m0/s1. The predicted octanol–water partition coefficient (Wildman–Crippen LogP) is 4.32. The van der Waals surface area contributed by atoms with Crippen LogP contribution in [0.2, 0.25) is 0 Å². The molecule has 1 amide bonds. The molecule has 2 aromatic heterocycles. The lowest BCUT2D eigenvalue weighted by atomic mass is 9.69. The molecule has 1 aliphatic rings. The van der Waals surface area contributed by atoms with Crippen molar-refractivity contribution in [2.75, 3.05) is 18.8 Å². The number of benzene rings is 1. The van der Waals surface area contributed by atoms with Gasteiger partial charge in [0.1, 0.15) is 0 Å². The number of thioether (sulfide) groups is 1. The van der Waals surface area contributed by atoms with Crippen molar-refractivity contribution in [2.24, 2.45) is 0 Å². The monoisotopic (exact) mass is 467 g/mol. The average molecular weight is 468 g/mol. The van der Waals surface area contributed by atoms with Gasteiger partial charge in [-0.2, -0.15) is 0 Å². The topological polar surface area (TPSA) is 72.5 Å². The Labute approximate surface area is 199 Å². The number of fused-ring (bicyclic) bond motifs is 4. The summed E-state index contributed by atoms with van der Waals surface area (Å²) in [4.78, 5) is 33.5. The maximum absolute atomic E-state index is 14.1. The van der Waals surface area contributed by atoms with Crippen molar-refractivity contribution < 1.29 is 4.79 Å². The van der Waals surface area contributed by atoms with Crippen LogP contribution >= 0.6 is 11.8 Å². The van der Waals surface area contributed by atoms with Gasteiger partial charge in [0.2, 0.25) is 11.7 Å². The molecule has 0 aliphatic heterocycles. The summed E-state index contributed by atoms with van der Waals surface area (Å²) in [5, 5.41) is 5.27. The molecule has 0 bridgehead atoms. The largest absolute Gasteiger partial charge is 0.343 e. The lowest BCUT2D eigenvalue weighted by Gasteiger charge is -2.35. The average Bonchev–Trinajstić information content (AvgIpc) is 3.17. The van der Waals surface area contributed by atoms with Crippen LogP contribution in [0.4, 0.5) is 0 Å². The first-order chi connectivity index (χ1) is 15.8. The Morgan fingerprint density at radius 3 is 2.55 bits per heavy atom. The number of hydrogen-bond donors (Lipinski definition) is 0. The second-order valence-electron chi connectivity index (χ2n) is 9.20. The van der Waals surface area contributed by atoms with E-state index in [1.807, 2.05) is 39.8 Å². The molecule has 0 spiro atoms. The van der Waals surface area contributed by atoms with E-state index in [4.69, 9.17) is 10.1 Å². The molecule has 1 atom stereocenters. The summed E-state index contributed by atoms with van der Waals surface area (Å²) in [6.07, 6.45) is 1.63. The Kier molecular flexibility index (Phi) is 6.40. The van der Waals surface area contributed by atoms with Gasteiger partial charge in [-0.1, -0.05) is 49.9 Å². The van der Waals surface area contributed by atoms with Gasteiger partial charge in [0.15, 0.2) is 5.16 Å². The molecule has 0 saturated carbocycles. The van der Waals surface area contributed by atoms with Crippen LogP contribution < -0.4 is 5.56 Å². The van der Waals surface area contributed by atoms with Crippen LogP contribution in [0.1, 0.15) is 65.1 Å². The molecular formula is C25H33N5O2S. The highest BCUT2D eigenvalue weighted by Crippen LogP contribution is 2.42. The third-order valence-corrected chi connectivity index (χ3v) is 7.74. The van der Waals surface area contributed by atoms with Crippen LogP contribution in [0.25, 0.3) is 17.0 Å². The van der Waals surface area contributed by atoms with Crippen molar-refractivity contribution >= 4 is 23.4 Å². The van der Waals surface area contributed by atoms with Crippen molar-refractivity contribution in [2.45, 2.75) is 71.0 Å². The van der Waals surface area contributed by atoms with E-state index in [-0.39, 0.29) is 28.7 Å². The first kappa shape index (κ1) is 23.5. The molecule has 0 N–H and O–H groups in total. The minimum Gasteiger partial charge on any atom is -0.343 e. The van der Waals surface area contributed by atoms with Crippen molar-refractivity contribution in [3.8, 4) is 11.3 Å². The zero-order valence-corrected chi connectivity index (χ0v) is 21.2. The van der Waals surface area contributed by atoms with Gasteiger partial charge in [-0.3, -0.25) is 9.59 Å². The molecular weight excluding hydrogens is 434 g/mol. The molecule has 0 fully saturated rings. The molecule has 4 rings (SSSR count). The van der Waals surface area contributed by atoms with E-state index in [1.54, 1.807) is 14.0 Å². The third kappa shape index (κ3) is 3.88. The molecule has 3 aromatic rings. The van der Waals surface area contributed by atoms with Gasteiger partial charge < -0.3 is 4.90 Å². The summed E-state index contributed by atoms with van der Waals surface area (Å²) in [6, 6.07) is 8.26. The first-order valence-electron chi connectivity index (χ1n) is 11.8. The SMILES string of the molecule is CCN(CC)C(=O)CSc1nn(C(C)C)c2nc3c(c(=O)n12)[C@@](C)(CC)Cc1ccccc1-3. The summed E-state index contributed by atoms with van der Waals surface area (Å²) < 4.78 is 3.42. The van der Waals surface area contributed by atoms with Crippen LogP contribution in [-0.4, -0.2) is 48.8 Å². The van der Waals surface area contributed by atoms with Gasteiger partial charge in [-0.15, -0.1) is 5.10 Å². The fourth-order valence-corrected chi connectivity index (χ4v) is 5.58. The normalized spacial score (nSPS) is 17.3. The zero-order valence-electron chi connectivity index (χ0n) is 20.4. The van der Waals surface area contributed by atoms with Gasteiger partial charge in [0, 0.05) is 24.1 Å². The molecule has 0 unspecified atom stereocenters. The smallest absolute Gasteiger partial charge is 0.265 e. The van der Waals surface area contributed by atoms with Gasteiger partial charge >= 0.3 is 0 Å². The fraction of sp³-hybridized carbons (Fsp3) is 0.520. The maximum Gasteiger partial charge on any atom is 0.265 e. The van der Waals surface area contributed by atoms with Gasteiger partial charge in [0.25, 0.3) is 5.56 Å². The summed E-state index contributed by atoms with van der Waals surface area (Å²) in [5.74, 6) is 0.814. The Hall–Kier alpha value is -2.61. The van der Waals surface area contributed by atoms with Crippen LogP contribution in [0.3, 0.4) is 0 Å². The number of aromatic nitrogens is 4. The molecule has 2 heterocycles. The van der Waals surface area contributed by atoms with E-state index in [9.17, 15) is 9.59 Å². The van der Waals surface area contributed by atoms with E-state index in [1.165, 1.54) is 17.3 Å². The third-order valence-electron chi connectivity index (χ3n) is 6.82. The number of nitrogens with zero attached hydrogens (tertiary/aromatic N) is 5. The second kappa shape index (κ2) is 8.97. The van der Waals surface area contributed by atoms with Crippen molar-refractivity contribution in [3.05, 3.63) is 45.7 Å². The van der Waals surface area contributed by atoms with Crippen LogP contribution in [0.15, 0.2) is 34.2 Å². The van der Waals surface area contributed by atoms with E-state index in [0.29, 0.717) is 24.0 Å². The Balaban J connectivity index is 1.93. The molecule has 1 aliphatic carbocycles. The fourth-order valence-electron chi connectivity index (χ4n) is 4.71. The van der Waals surface area contributed by atoms with Crippen LogP contribution in [0.5, 0.6) is 0 Å². The number of amides is 1. The molecule has 0 radical (unpaired) electrons. The van der Waals surface area contributed by atoms with Crippen molar-refractivity contribution in [3.63, 3.8) is 0 Å². The highest BCUT2D eigenvalue weighted by molar-refractivity contribution is 7.99. The summed E-state index contributed by atoms with van der Waals surface area (Å²) in [7, 11) is 0. The lowest BCUT2D eigenvalue weighted by molar-refractivity contribution is -0.127. The van der Waals surface area contributed by atoms with Gasteiger partial charge in [0.05, 0.1) is 23.1 Å². The van der Waals surface area contributed by atoms with E-state index in [2.05, 4.69) is 26.0 Å². The number of carbonyl (C=O) groups excluding carboxylic acids is 1. The Bertz CT molecular complexity index is 1260. The quantitative estimate of drug-likeness (QED) is 0.484. The highest BCUT2D eigenvalue weighted by atomic mass is 32.2. The summed E-state index contributed by atoms with van der Waals surface area (Å²) in [6.45, 7) is 13.6. The first-order valence-corrected chi connectivity index (χ1v) is 12.8. The minimum absolute atomic E-state index is 0.0224. The maximum atomic E-state index is 14.1. The van der Waals surface area contributed by atoms with E-state index >= 15 is 0 Å². The lowest BCUT2D eigenvalue weighted by Crippen LogP contribution is -2.38. The number of rotatable bonds is 7. The molecule has 8 heteroatoms. The number of carbonyl (C=O) groups is 1. The van der Waals surface area contributed by atoms with Crippen LogP contribution in [0, 0.1) is 0 Å². The molecule has 7 nitrogen and oxygen atoms in total. The minimum atomic E-state index is -0.312. The van der Waals surface area contributed by atoms with Crippen LogP contribution in [-0.2, 0) is 16.6 Å². The van der Waals surface area contributed by atoms with Crippen molar-refractivity contribution in [1.82, 2.24) is 24.1 Å². The van der Waals surface area contributed by atoms with E-state index < -0.39 is 0 Å². The highest BCUT2D eigenvalue weighted by Gasteiger charge is 2.38.